The largest absolute Gasteiger partial charge is 0.327 e. The predicted molar refractivity (Wildman–Crippen MR) is 78.7 cm³/mol. The third kappa shape index (κ3) is 2.45. The Balaban J connectivity index is 1.76. The maximum atomic E-state index is 13.3. The molecule has 3 rings (SSSR count). The van der Waals surface area contributed by atoms with Gasteiger partial charge in [0, 0.05) is 16.4 Å². The topological polar surface area (TPSA) is 26.0 Å². The minimum Gasteiger partial charge on any atom is -0.327 e. The van der Waals surface area contributed by atoms with E-state index in [9.17, 15) is 4.39 Å². The third-order valence-corrected chi connectivity index (χ3v) is 4.65. The highest BCUT2D eigenvalue weighted by molar-refractivity contribution is 9.10. The third-order valence-electron chi connectivity index (χ3n) is 3.87. The minimum atomic E-state index is -0.209. The molecule has 0 radical (unpaired) electrons. The molecule has 0 aromatic heterocycles. The molecule has 2 N–H and O–H groups in total. The van der Waals surface area contributed by atoms with Crippen molar-refractivity contribution in [2.24, 2.45) is 5.73 Å². The number of hydrogen-bond donors (Lipinski definition) is 1. The molecule has 0 spiro atoms. The van der Waals surface area contributed by atoms with Crippen LogP contribution in [-0.2, 0) is 12.8 Å². The average Bonchev–Trinajstić information content (AvgIpc) is 2.35. The molecular weight excluding hydrogens is 305 g/mol. The zero-order chi connectivity index (χ0) is 13.4. The molecule has 2 aromatic rings. The zero-order valence-electron chi connectivity index (χ0n) is 10.4. The minimum absolute atomic E-state index is 0.0352. The van der Waals surface area contributed by atoms with Gasteiger partial charge in [-0.05, 0) is 47.7 Å². The lowest BCUT2D eigenvalue weighted by Gasteiger charge is -2.34. The van der Waals surface area contributed by atoms with Crippen molar-refractivity contribution >= 4 is 15.9 Å². The van der Waals surface area contributed by atoms with Crippen LogP contribution in [0.4, 0.5) is 4.39 Å². The second-order valence-electron chi connectivity index (χ2n) is 5.11. The Kier molecular flexibility index (Phi) is 3.42. The molecule has 98 valence electrons. The molecular formula is C16H15BrFN. The van der Waals surface area contributed by atoms with E-state index in [4.69, 9.17) is 5.73 Å². The fourth-order valence-electron chi connectivity index (χ4n) is 2.78. The Morgan fingerprint density at radius 2 is 2.05 bits per heavy atom. The van der Waals surface area contributed by atoms with Crippen molar-refractivity contribution in [2.75, 3.05) is 0 Å². The first-order valence-electron chi connectivity index (χ1n) is 6.42. The first-order valence-corrected chi connectivity index (χ1v) is 7.22. The molecule has 1 nitrogen and oxygen atoms in total. The van der Waals surface area contributed by atoms with Crippen LogP contribution in [0.3, 0.4) is 0 Å². The fraction of sp³-hybridized carbons (Fsp3) is 0.250. The molecule has 0 bridgehead atoms. The number of nitrogens with two attached hydrogens (primary N) is 1. The Morgan fingerprint density at radius 3 is 2.84 bits per heavy atom. The van der Waals surface area contributed by atoms with Gasteiger partial charge in [0.05, 0.1) is 0 Å². The standard InChI is InChI=1S/C16H15BrFN/c17-15-6-5-12(18)7-11(15)9-16(19)14-8-10-3-1-2-4-13(10)14/h1-7,14,16H,8-9,19H2. The number of rotatable bonds is 3. The van der Waals surface area contributed by atoms with E-state index in [1.54, 1.807) is 12.1 Å². The summed E-state index contributed by atoms with van der Waals surface area (Å²) in [5.74, 6) is 0.186. The summed E-state index contributed by atoms with van der Waals surface area (Å²) in [5.41, 5.74) is 9.98. The quantitative estimate of drug-likeness (QED) is 0.915. The molecule has 0 amide bonds. The van der Waals surface area contributed by atoms with Crippen LogP contribution in [-0.4, -0.2) is 6.04 Å². The monoisotopic (exact) mass is 319 g/mol. The first-order chi connectivity index (χ1) is 9.15. The van der Waals surface area contributed by atoms with Crippen LogP contribution in [0.5, 0.6) is 0 Å². The normalized spacial score (nSPS) is 18.6. The smallest absolute Gasteiger partial charge is 0.123 e. The summed E-state index contributed by atoms with van der Waals surface area (Å²) in [5, 5.41) is 0. The van der Waals surface area contributed by atoms with E-state index in [0.717, 1.165) is 16.5 Å². The highest BCUT2D eigenvalue weighted by Crippen LogP contribution is 2.37. The van der Waals surface area contributed by atoms with Gasteiger partial charge in [-0.2, -0.15) is 0 Å². The second-order valence-corrected chi connectivity index (χ2v) is 5.97. The molecule has 2 atom stereocenters. The molecule has 3 heteroatoms. The highest BCUT2D eigenvalue weighted by atomic mass is 79.9. The lowest BCUT2D eigenvalue weighted by Crippen LogP contribution is -2.37. The maximum absolute atomic E-state index is 13.3. The van der Waals surface area contributed by atoms with Crippen LogP contribution in [0, 0.1) is 5.82 Å². The Bertz CT molecular complexity index is 611. The van der Waals surface area contributed by atoms with Gasteiger partial charge in [-0.3, -0.25) is 0 Å². The van der Waals surface area contributed by atoms with Gasteiger partial charge < -0.3 is 5.73 Å². The van der Waals surface area contributed by atoms with E-state index >= 15 is 0 Å². The molecule has 0 heterocycles. The lowest BCUT2D eigenvalue weighted by molar-refractivity contribution is 0.479. The SMILES string of the molecule is NC(Cc1cc(F)ccc1Br)C1Cc2ccccc21. The molecule has 0 saturated carbocycles. The fourth-order valence-corrected chi connectivity index (χ4v) is 3.18. The maximum Gasteiger partial charge on any atom is 0.123 e. The van der Waals surface area contributed by atoms with Crippen molar-refractivity contribution in [1.82, 2.24) is 0 Å². The molecule has 0 aliphatic heterocycles. The van der Waals surface area contributed by atoms with E-state index in [-0.39, 0.29) is 11.9 Å². The van der Waals surface area contributed by atoms with Crippen molar-refractivity contribution in [3.63, 3.8) is 0 Å². The summed E-state index contributed by atoms with van der Waals surface area (Å²) in [6.07, 6.45) is 1.72. The Hall–Kier alpha value is -1.19. The number of halogens is 2. The molecule has 1 aliphatic carbocycles. The summed E-state index contributed by atoms with van der Waals surface area (Å²) in [7, 11) is 0. The van der Waals surface area contributed by atoms with Crippen LogP contribution in [0.15, 0.2) is 46.9 Å². The summed E-state index contributed by atoms with van der Waals surface area (Å²) in [6, 6.07) is 13.2. The molecule has 19 heavy (non-hydrogen) atoms. The van der Waals surface area contributed by atoms with Gasteiger partial charge in [-0.25, -0.2) is 4.39 Å². The van der Waals surface area contributed by atoms with Crippen LogP contribution >= 0.6 is 15.9 Å². The molecule has 2 aromatic carbocycles. The van der Waals surface area contributed by atoms with E-state index < -0.39 is 0 Å². The van der Waals surface area contributed by atoms with Gasteiger partial charge in [-0.1, -0.05) is 40.2 Å². The summed E-state index contributed by atoms with van der Waals surface area (Å²) in [6.45, 7) is 0. The molecule has 0 saturated heterocycles. The van der Waals surface area contributed by atoms with Crippen LogP contribution in [0.1, 0.15) is 22.6 Å². The van der Waals surface area contributed by atoms with Gasteiger partial charge in [0.2, 0.25) is 0 Å². The van der Waals surface area contributed by atoms with Crippen molar-refractivity contribution < 1.29 is 4.39 Å². The van der Waals surface area contributed by atoms with Crippen LogP contribution in [0.25, 0.3) is 0 Å². The van der Waals surface area contributed by atoms with Crippen molar-refractivity contribution in [2.45, 2.75) is 24.8 Å². The van der Waals surface area contributed by atoms with Gasteiger partial charge in [-0.15, -0.1) is 0 Å². The van der Waals surface area contributed by atoms with Gasteiger partial charge in [0.1, 0.15) is 5.82 Å². The zero-order valence-corrected chi connectivity index (χ0v) is 12.0. The van der Waals surface area contributed by atoms with E-state index in [2.05, 4.69) is 40.2 Å². The average molecular weight is 320 g/mol. The van der Waals surface area contributed by atoms with Crippen molar-refractivity contribution in [3.8, 4) is 0 Å². The Labute approximate surface area is 120 Å². The van der Waals surface area contributed by atoms with E-state index in [1.807, 2.05) is 0 Å². The lowest BCUT2D eigenvalue weighted by atomic mass is 9.72. The summed E-state index contributed by atoms with van der Waals surface area (Å²) < 4.78 is 14.2. The molecule has 2 unspecified atom stereocenters. The van der Waals surface area contributed by atoms with Crippen LogP contribution < -0.4 is 5.73 Å². The highest BCUT2D eigenvalue weighted by Gasteiger charge is 2.30. The van der Waals surface area contributed by atoms with Crippen molar-refractivity contribution in [1.29, 1.82) is 0 Å². The van der Waals surface area contributed by atoms with Gasteiger partial charge >= 0.3 is 0 Å². The number of hydrogen-bond acceptors (Lipinski definition) is 1. The predicted octanol–water partition coefficient (Wildman–Crippen LogP) is 3.80. The molecule has 1 aliphatic rings. The number of fused-ring (bicyclic) bond motifs is 1. The van der Waals surface area contributed by atoms with E-state index in [1.165, 1.54) is 17.2 Å². The van der Waals surface area contributed by atoms with Gasteiger partial charge in [0.15, 0.2) is 0 Å². The first kappa shape index (κ1) is 12.8. The molecule has 0 fully saturated rings. The van der Waals surface area contributed by atoms with Crippen molar-refractivity contribution in [3.05, 3.63) is 69.4 Å². The van der Waals surface area contributed by atoms with E-state index in [0.29, 0.717) is 12.3 Å². The van der Waals surface area contributed by atoms with Gasteiger partial charge in [0.25, 0.3) is 0 Å². The summed E-state index contributed by atoms with van der Waals surface area (Å²) >= 11 is 3.46. The van der Waals surface area contributed by atoms with Crippen LogP contribution in [0.2, 0.25) is 0 Å². The Morgan fingerprint density at radius 1 is 1.26 bits per heavy atom. The second kappa shape index (κ2) is 5.06. The summed E-state index contributed by atoms with van der Waals surface area (Å²) in [4.78, 5) is 0. The number of benzene rings is 2.